The summed E-state index contributed by atoms with van der Waals surface area (Å²) in [5.41, 5.74) is 5.61. The lowest BCUT2D eigenvalue weighted by molar-refractivity contribution is -0.122. The van der Waals surface area contributed by atoms with Crippen molar-refractivity contribution < 1.29 is 4.79 Å². The van der Waals surface area contributed by atoms with Crippen molar-refractivity contribution in [3.63, 3.8) is 0 Å². The van der Waals surface area contributed by atoms with Crippen LogP contribution in [0.15, 0.2) is 0 Å². The molecule has 1 amide bonds. The van der Waals surface area contributed by atoms with Crippen LogP contribution in [-0.2, 0) is 4.79 Å². The van der Waals surface area contributed by atoms with Crippen LogP contribution in [0.4, 0.5) is 0 Å². The molecule has 0 bridgehead atoms. The maximum absolute atomic E-state index is 11.9. The molecule has 1 saturated carbocycles. The molecular formula is C15H30N2O. The number of carbonyl (C=O) groups is 1. The van der Waals surface area contributed by atoms with Crippen LogP contribution >= 0.6 is 0 Å². The molecule has 0 aromatic rings. The molecule has 106 valence electrons. The molecule has 0 saturated heterocycles. The summed E-state index contributed by atoms with van der Waals surface area (Å²) >= 11 is 0. The Kier molecular flexibility index (Phi) is 7.33. The van der Waals surface area contributed by atoms with E-state index in [4.69, 9.17) is 5.73 Å². The smallest absolute Gasteiger partial charge is 0.220 e. The highest BCUT2D eigenvalue weighted by atomic mass is 16.1. The predicted molar refractivity (Wildman–Crippen MR) is 76.2 cm³/mol. The second-order valence-electron chi connectivity index (χ2n) is 5.82. The Morgan fingerprint density at radius 2 is 2.06 bits per heavy atom. The largest absolute Gasteiger partial charge is 0.353 e. The first-order chi connectivity index (χ1) is 8.67. The molecule has 1 aliphatic carbocycles. The molecule has 1 fully saturated rings. The number of amides is 1. The third-order valence-electron chi connectivity index (χ3n) is 4.30. The first-order valence-electron chi connectivity index (χ1n) is 7.66. The SMILES string of the molecule is CCCC(CCN)CCC(=O)NC(C)C1CCC1. The van der Waals surface area contributed by atoms with Gasteiger partial charge in [0.2, 0.25) is 5.91 Å². The van der Waals surface area contributed by atoms with Gasteiger partial charge in [0.25, 0.3) is 0 Å². The van der Waals surface area contributed by atoms with Crippen molar-refractivity contribution in [2.75, 3.05) is 6.54 Å². The first kappa shape index (κ1) is 15.5. The van der Waals surface area contributed by atoms with E-state index >= 15 is 0 Å². The van der Waals surface area contributed by atoms with Crippen molar-refractivity contribution in [1.29, 1.82) is 0 Å². The molecular weight excluding hydrogens is 224 g/mol. The van der Waals surface area contributed by atoms with E-state index in [-0.39, 0.29) is 5.91 Å². The Morgan fingerprint density at radius 3 is 2.56 bits per heavy atom. The van der Waals surface area contributed by atoms with Crippen LogP contribution in [0.2, 0.25) is 0 Å². The third-order valence-corrected chi connectivity index (χ3v) is 4.30. The van der Waals surface area contributed by atoms with Gasteiger partial charge >= 0.3 is 0 Å². The molecule has 0 heterocycles. The first-order valence-corrected chi connectivity index (χ1v) is 7.66. The number of hydrogen-bond donors (Lipinski definition) is 2. The lowest BCUT2D eigenvalue weighted by Crippen LogP contribution is -2.40. The minimum absolute atomic E-state index is 0.229. The van der Waals surface area contributed by atoms with E-state index in [0.717, 1.165) is 25.3 Å². The highest BCUT2D eigenvalue weighted by molar-refractivity contribution is 5.76. The van der Waals surface area contributed by atoms with E-state index in [1.807, 2.05) is 0 Å². The fourth-order valence-corrected chi connectivity index (χ4v) is 2.80. The lowest BCUT2D eigenvalue weighted by atomic mass is 9.80. The number of hydrogen-bond acceptors (Lipinski definition) is 2. The lowest BCUT2D eigenvalue weighted by Gasteiger charge is -2.32. The maximum atomic E-state index is 11.9. The van der Waals surface area contributed by atoms with Crippen molar-refractivity contribution in [3.8, 4) is 0 Å². The number of nitrogens with two attached hydrogens (primary N) is 1. The molecule has 3 N–H and O–H groups in total. The predicted octanol–water partition coefficient (Wildman–Crippen LogP) is 2.84. The van der Waals surface area contributed by atoms with Crippen molar-refractivity contribution in [3.05, 3.63) is 0 Å². The molecule has 0 aromatic carbocycles. The average molecular weight is 254 g/mol. The van der Waals surface area contributed by atoms with Crippen LogP contribution in [0.5, 0.6) is 0 Å². The molecule has 0 radical (unpaired) electrons. The van der Waals surface area contributed by atoms with E-state index in [2.05, 4.69) is 19.2 Å². The number of nitrogens with one attached hydrogen (secondary N) is 1. The van der Waals surface area contributed by atoms with Gasteiger partial charge in [0.05, 0.1) is 0 Å². The summed E-state index contributed by atoms with van der Waals surface area (Å²) in [6.45, 7) is 5.08. The molecule has 0 spiro atoms. The molecule has 1 aliphatic rings. The zero-order chi connectivity index (χ0) is 13.4. The van der Waals surface area contributed by atoms with Crippen LogP contribution in [0, 0.1) is 11.8 Å². The molecule has 1 rings (SSSR count). The van der Waals surface area contributed by atoms with Gasteiger partial charge in [0, 0.05) is 12.5 Å². The summed E-state index contributed by atoms with van der Waals surface area (Å²) in [7, 11) is 0. The van der Waals surface area contributed by atoms with E-state index in [0.29, 0.717) is 18.4 Å². The second-order valence-corrected chi connectivity index (χ2v) is 5.82. The number of rotatable bonds is 9. The minimum atomic E-state index is 0.229. The minimum Gasteiger partial charge on any atom is -0.353 e. The van der Waals surface area contributed by atoms with Gasteiger partial charge in [-0.3, -0.25) is 4.79 Å². The van der Waals surface area contributed by atoms with Gasteiger partial charge in [-0.05, 0) is 51.0 Å². The van der Waals surface area contributed by atoms with Crippen LogP contribution in [-0.4, -0.2) is 18.5 Å². The van der Waals surface area contributed by atoms with Gasteiger partial charge in [-0.2, -0.15) is 0 Å². The quantitative estimate of drug-likeness (QED) is 0.665. The molecule has 0 aliphatic heterocycles. The fraction of sp³-hybridized carbons (Fsp3) is 0.933. The highest BCUT2D eigenvalue weighted by Crippen LogP contribution is 2.29. The molecule has 3 nitrogen and oxygen atoms in total. The summed E-state index contributed by atoms with van der Waals surface area (Å²) in [5, 5.41) is 3.15. The summed E-state index contributed by atoms with van der Waals surface area (Å²) < 4.78 is 0. The maximum Gasteiger partial charge on any atom is 0.220 e. The van der Waals surface area contributed by atoms with Gasteiger partial charge in [-0.1, -0.05) is 26.2 Å². The molecule has 0 aromatic heterocycles. The van der Waals surface area contributed by atoms with Crippen molar-refractivity contribution in [2.45, 2.75) is 71.3 Å². The van der Waals surface area contributed by atoms with Gasteiger partial charge in [0.15, 0.2) is 0 Å². The number of carbonyl (C=O) groups excluding carboxylic acids is 1. The Bertz CT molecular complexity index is 233. The third kappa shape index (κ3) is 5.38. The van der Waals surface area contributed by atoms with E-state index in [1.165, 1.54) is 32.1 Å². The summed E-state index contributed by atoms with van der Waals surface area (Å²) in [6.07, 6.45) is 9.00. The van der Waals surface area contributed by atoms with Crippen molar-refractivity contribution >= 4 is 5.91 Å². The zero-order valence-corrected chi connectivity index (χ0v) is 12.1. The Hall–Kier alpha value is -0.570. The molecule has 3 heteroatoms. The van der Waals surface area contributed by atoms with Gasteiger partial charge in [0.1, 0.15) is 0 Å². The molecule has 2 atom stereocenters. The molecule has 2 unspecified atom stereocenters. The van der Waals surface area contributed by atoms with Gasteiger partial charge in [-0.15, -0.1) is 0 Å². The van der Waals surface area contributed by atoms with E-state index in [1.54, 1.807) is 0 Å². The topological polar surface area (TPSA) is 55.1 Å². The van der Waals surface area contributed by atoms with Crippen LogP contribution in [0.25, 0.3) is 0 Å². The summed E-state index contributed by atoms with van der Waals surface area (Å²) in [6, 6.07) is 0.366. The summed E-state index contributed by atoms with van der Waals surface area (Å²) in [5.74, 6) is 1.58. The van der Waals surface area contributed by atoms with Crippen molar-refractivity contribution in [1.82, 2.24) is 5.32 Å². The van der Waals surface area contributed by atoms with Crippen molar-refractivity contribution in [2.24, 2.45) is 17.6 Å². The molecule has 18 heavy (non-hydrogen) atoms. The summed E-state index contributed by atoms with van der Waals surface area (Å²) in [4.78, 5) is 11.9. The average Bonchev–Trinajstić information content (AvgIpc) is 2.24. The standard InChI is InChI=1S/C15H30N2O/c1-3-5-13(10-11-16)8-9-15(18)17-12(2)14-6-4-7-14/h12-14H,3-11,16H2,1-2H3,(H,17,18). The van der Waals surface area contributed by atoms with E-state index < -0.39 is 0 Å². The van der Waals surface area contributed by atoms with Gasteiger partial charge < -0.3 is 11.1 Å². The Labute approximate surface area is 112 Å². The normalized spacial score (nSPS) is 19.1. The van der Waals surface area contributed by atoms with E-state index in [9.17, 15) is 4.79 Å². The zero-order valence-electron chi connectivity index (χ0n) is 12.1. The van der Waals surface area contributed by atoms with Crippen LogP contribution in [0.1, 0.15) is 65.2 Å². The van der Waals surface area contributed by atoms with Gasteiger partial charge in [-0.25, -0.2) is 0 Å². The second kappa shape index (κ2) is 8.52. The Balaban J connectivity index is 2.17. The monoisotopic (exact) mass is 254 g/mol. The van der Waals surface area contributed by atoms with Crippen LogP contribution in [0.3, 0.4) is 0 Å². The Morgan fingerprint density at radius 1 is 1.33 bits per heavy atom. The fourth-order valence-electron chi connectivity index (χ4n) is 2.80. The highest BCUT2D eigenvalue weighted by Gasteiger charge is 2.24. The van der Waals surface area contributed by atoms with Crippen LogP contribution < -0.4 is 11.1 Å².